The fourth-order valence-electron chi connectivity index (χ4n) is 3.84. The zero-order valence-electron chi connectivity index (χ0n) is 15.4. The zero-order valence-corrected chi connectivity index (χ0v) is 15.4. The van der Waals surface area contributed by atoms with E-state index >= 15 is 0 Å². The molecule has 0 bridgehead atoms. The number of carbonyl (C=O) groups is 1. The largest absolute Gasteiger partial charge is 0.459 e. The first-order valence-corrected chi connectivity index (χ1v) is 9.46. The summed E-state index contributed by atoms with van der Waals surface area (Å²) in [7, 11) is 1.89. The van der Waals surface area contributed by atoms with E-state index in [1.807, 2.05) is 24.9 Å². The van der Waals surface area contributed by atoms with Crippen molar-refractivity contribution in [1.82, 2.24) is 4.90 Å². The van der Waals surface area contributed by atoms with E-state index in [0.29, 0.717) is 18.4 Å². The molecule has 138 valence electrons. The third kappa shape index (κ3) is 4.73. The number of aliphatic hydroxyl groups excluding tert-OH is 1. The minimum absolute atomic E-state index is 0.0286. The normalized spacial score (nSPS) is 28.2. The van der Waals surface area contributed by atoms with Crippen LogP contribution in [-0.4, -0.2) is 48.5 Å². The van der Waals surface area contributed by atoms with Gasteiger partial charge in [0.25, 0.3) is 5.91 Å². The second kappa shape index (κ2) is 9.42. The van der Waals surface area contributed by atoms with Crippen LogP contribution >= 0.6 is 0 Å². The van der Waals surface area contributed by atoms with Gasteiger partial charge in [0.1, 0.15) is 0 Å². The highest BCUT2D eigenvalue weighted by molar-refractivity contribution is 5.91. The molecule has 2 aliphatic rings. The van der Waals surface area contributed by atoms with Gasteiger partial charge in [0.15, 0.2) is 5.76 Å². The molecule has 3 atom stereocenters. The molecular weight excluding hydrogens is 306 g/mol. The Labute approximate surface area is 146 Å². The summed E-state index contributed by atoms with van der Waals surface area (Å²) < 4.78 is 11.7. The van der Waals surface area contributed by atoms with Gasteiger partial charge in [-0.25, -0.2) is 0 Å². The van der Waals surface area contributed by atoms with Crippen LogP contribution in [0.2, 0.25) is 0 Å². The smallest absolute Gasteiger partial charge is 0.288 e. The van der Waals surface area contributed by atoms with Gasteiger partial charge in [-0.15, -0.1) is 0 Å². The van der Waals surface area contributed by atoms with Gasteiger partial charge in [-0.2, -0.15) is 0 Å². The molecule has 5 heteroatoms. The monoisotopic (exact) mass is 339 g/mol. The lowest BCUT2D eigenvalue weighted by molar-refractivity contribution is -0.174. The lowest BCUT2D eigenvalue weighted by atomic mass is 9.86. The molecule has 1 heterocycles. The maximum absolute atomic E-state index is 12.9. The van der Waals surface area contributed by atoms with E-state index in [4.69, 9.17) is 14.6 Å². The minimum atomic E-state index is -0.403. The van der Waals surface area contributed by atoms with Crippen LogP contribution in [0.25, 0.3) is 0 Å². The molecule has 1 fully saturated rings. The van der Waals surface area contributed by atoms with Crippen molar-refractivity contribution in [2.24, 2.45) is 11.8 Å². The average Bonchev–Trinajstić information content (AvgIpc) is 2.60. The molecule has 1 saturated carbocycles. The fourth-order valence-corrected chi connectivity index (χ4v) is 3.84. The predicted molar refractivity (Wildman–Crippen MR) is 93.2 cm³/mol. The summed E-state index contributed by atoms with van der Waals surface area (Å²) in [6.07, 6.45) is 8.93. The predicted octanol–water partition coefficient (Wildman–Crippen LogP) is 3.08. The Balaban J connectivity index is 2.06. The quantitative estimate of drug-likeness (QED) is 0.774. The summed E-state index contributed by atoms with van der Waals surface area (Å²) in [5.74, 6) is 0.766. The Morgan fingerprint density at radius 1 is 1.38 bits per heavy atom. The molecule has 5 nitrogen and oxygen atoms in total. The fraction of sp³-hybridized carbons (Fsp3) is 0.842. The van der Waals surface area contributed by atoms with Crippen LogP contribution < -0.4 is 0 Å². The number of amides is 1. The van der Waals surface area contributed by atoms with Gasteiger partial charge in [-0.3, -0.25) is 4.79 Å². The molecule has 1 N–H and O–H groups in total. The highest BCUT2D eigenvalue weighted by Gasteiger charge is 2.36. The van der Waals surface area contributed by atoms with Crippen molar-refractivity contribution in [3.05, 3.63) is 11.8 Å². The summed E-state index contributed by atoms with van der Waals surface area (Å²) in [5.41, 5.74) is 0. The number of allylic oxidation sites excluding steroid dienone is 1. The number of ether oxygens (including phenoxy) is 2. The van der Waals surface area contributed by atoms with Crippen molar-refractivity contribution in [2.45, 2.75) is 71.1 Å². The van der Waals surface area contributed by atoms with E-state index in [0.717, 1.165) is 25.7 Å². The highest BCUT2D eigenvalue weighted by atomic mass is 16.7. The lowest BCUT2D eigenvalue weighted by Crippen LogP contribution is -2.43. The maximum Gasteiger partial charge on any atom is 0.288 e. The molecule has 0 spiro atoms. The Kier molecular flexibility index (Phi) is 7.56. The molecule has 24 heavy (non-hydrogen) atoms. The van der Waals surface area contributed by atoms with Crippen LogP contribution in [-0.2, 0) is 14.3 Å². The van der Waals surface area contributed by atoms with Crippen molar-refractivity contribution in [2.75, 3.05) is 20.3 Å². The molecule has 1 amide bonds. The highest BCUT2D eigenvalue weighted by Crippen LogP contribution is 2.33. The van der Waals surface area contributed by atoms with E-state index in [1.165, 1.54) is 19.3 Å². The minimum Gasteiger partial charge on any atom is -0.459 e. The number of rotatable bonds is 7. The molecule has 0 unspecified atom stereocenters. The number of carbonyl (C=O) groups excluding carboxylic acids is 1. The van der Waals surface area contributed by atoms with Gasteiger partial charge in [0.05, 0.1) is 0 Å². The summed E-state index contributed by atoms with van der Waals surface area (Å²) in [6, 6.07) is 0.323. The van der Waals surface area contributed by atoms with Gasteiger partial charge in [0.2, 0.25) is 6.29 Å². The lowest BCUT2D eigenvalue weighted by Gasteiger charge is -2.37. The van der Waals surface area contributed by atoms with Gasteiger partial charge in [0, 0.05) is 32.2 Å². The molecule has 0 radical (unpaired) electrons. The van der Waals surface area contributed by atoms with Gasteiger partial charge in [-0.05, 0) is 44.6 Å². The van der Waals surface area contributed by atoms with Crippen LogP contribution in [0, 0.1) is 11.8 Å². The van der Waals surface area contributed by atoms with Crippen molar-refractivity contribution in [1.29, 1.82) is 0 Å². The first kappa shape index (κ1) is 19.3. The molecule has 2 rings (SSSR count). The van der Waals surface area contributed by atoms with Crippen molar-refractivity contribution in [3.63, 3.8) is 0 Å². The number of nitrogens with zero attached hydrogens (tertiary/aromatic N) is 1. The first-order valence-electron chi connectivity index (χ1n) is 9.46. The SMILES string of the molecule is CCO[C@H]1OC(C(=O)N(C)C2CCCCC2)=C[C@@H](C)[C@@H]1CCCO. The van der Waals surface area contributed by atoms with Gasteiger partial charge < -0.3 is 19.5 Å². The maximum atomic E-state index is 12.9. The van der Waals surface area contributed by atoms with E-state index in [2.05, 4.69) is 6.92 Å². The van der Waals surface area contributed by atoms with Gasteiger partial charge >= 0.3 is 0 Å². The second-order valence-corrected chi connectivity index (χ2v) is 7.07. The number of hydrogen-bond donors (Lipinski definition) is 1. The van der Waals surface area contributed by atoms with Crippen LogP contribution in [0.15, 0.2) is 11.8 Å². The molecular formula is C19H33NO4. The second-order valence-electron chi connectivity index (χ2n) is 7.07. The molecule has 1 aliphatic carbocycles. The average molecular weight is 339 g/mol. The van der Waals surface area contributed by atoms with E-state index < -0.39 is 6.29 Å². The van der Waals surface area contributed by atoms with E-state index in [1.54, 1.807) is 0 Å². The van der Waals surface area contributed by atoms with Crippen LogP contribution in [0.1, 0.15) is 58.8 Å². The number of aliphatic hydroxyl groups is 1. The first-order chi connectivity index (χ1) is 11.6. The Bertz CT molecular complexity index is 431. The summed E-state index contributed by atoms with van der Waals surface area (Å²) in [4.78, 5) is 14.7. The van der Waals surface area contributed by atoms with Crippen LogP contribution in [0.3, 0.4) is 0 Å². The molecule has 0 saturated heterocycles. The Hall–Kier alpha value is -1.07. The summed E-state index contributed by atoms with van der Waals surface area (Å²) >= 11 is 0. The third-order valence-electron chi connectivity index (χ3n) is 5.36. The summed E-state index contributed by atoms with van der Waals surface area (Å²) in [5, 5.41) is 9.10. The van der Waals surface area contributed by atoms with E-state index in [-0.39, 0.29) is 24.3 Å². The Morgan fingerprint density at radius 3 is 2.71 bits per heavy atom. The summed E-state index contributed by atoms with van der Waals surface area (Å²) in [6.45, 7) is 4.75. The van der Waals surface area contributed by atoms with Crippen LogP contribution in [0.4, 0.5) is 0 Å². The standard InChI is InChI=1S/C19H33NO4/c1-4-23-19-16(11-8-12-21)14(2)13-17(24-19)18(22)20(3)15-9-6-5-7-10-15/h13-16,19,21H,4-12H2,1-3H3/t14-,16+,19+/m1/s1. The van der Waals surface area contributed by atoms with Crippen molar-refractivity contribution in [3.8, 4) is 0 Å². The Morgan fingerprint density at radius 2 is 2.08 bits per heavy atom. The number of hydrogen-bond acceptors (Lipinski definition) is 4. The molecule has 0 aromatic heterocycles. The molecule has 0 aromatic rings. The van der Waals surface area contributed by atoms with Crippen molar-refractivity contribution >= 4 is 5.91 Å². The third-order valence-corrected chi connectivity index (χ3v) is 5.36. The van der Waals surface area contributed by atoms with Crippen molar-refractivity contribution < 1.29 is 19.4 Å². The molecule has 1 aliphatic heterocycles. The molecule has 0 aromatic carbocycles. The number of likely N-dealkylation sites (N-methyl/N-ethyl adjacent to an activating group) is 1. The zero-order chi connectivity index (χ0) is 17.5. The van der Waals surface area contributed by atoms with E-state index in [9.17, 15) is 4.79 Å². The van der Waals surface area contributed by atoms with Gasteiger partial charge in [-0.1, -0.05) is 26.2 Å². The van der Waals surface area contributed by atoms with Crippen LogP contribution in [0.5, 0.6) is 0 Å². The topological polar surface area (TPSA) is 59.0 Å².